The van der Waals surface area contributed by atoms with E-state index in [9.17, 15) is 18.4 Å². The number of hydrogen-bond acceptors (Lipinski definition) is 4. The van der Waals surface area contributed by atoms with Crippen LogP contribution < -0.4 is 5.62 Å². The second kappa shape index (κ2) is 7.81. The minimum atomic E-state index is -4.56. The van der Waals surface area contributed by atoms with Crippen LogP contribution in [0.15, 0.2) is 78.2 Å². The highest BCUT2D eigenvalue weighted by Crippen LogP contribution is 2.32. The SMILES string of the molecule is Cn1/c(=N/C#N)n(-c2ccc(C(F)(F)F)nc2)c2c3cc(-c4ccc5[nH]ccc5c4)ccc3ncc21. The summed E-state index contributed by atoms with van der Waals surface area (Å²) in [7, 11) is 1.73. The van der Waals surface area contributed by atoms with Crippen LogP contribution in [-0.2, 0) is 13.2 Å². The van der Waals surface area contributed by atoms with Crippen molar-refractivity contribution in [2.24, 2.45) is 12.0 Å². The summed E-state index contributed by atoms with van der Waals surface area (Å²) in [5, 5.41) is 11.2. The number of aromatic nitrogens is 5. The third-order valence-electron chi connectivity index (χ3n) is 6.24. The summed E-state index contributed by atoms with van der Waals surface area (Å²) in [6, 6.07) is 16.2. The van der Waals surface area contributed by atoms with Gasteiger partial charge in [0.15, 0.2) is 0 Å². The van der Waals surface area contributed by atoms with Gasteiger partial charge < -0.3 is 9.55 Å². The zero-order valence-electron chi connectivity index (χ0n) is 18.7. The van der Waals surface area contributed by atoms with Crippen LogP contribution >= 0.6 is 0 Å². The average molecular weight is 483 g/mol. The van der Waals surface area contributed by atoms with Crippen LogP contribution in [0, 0.1) is 11.5 Å². The van der Waals surface area contributed by atoms with Gasteiger partial charge in [-0.3, -0.25) is 9.55 Å². The number of nitriles is 1. The number of hydrogen-bond donors (Lipinski definition) is 1. The third-order valence-corrected chi connectivity index (χ3v) is 6.24. The van der Waals surface area contributed by atoms with Gasteiger partial charge in [0.25, 0.3) is 0 Å². The molecule has 6 aromatic rings. The Balaban J connectivity index is 1.66. The summed E-state index contributed by atoms with van der Waals surface area (Å²) in [4.78, 5) is 15.3. The standard InChI is InChI=1S/C26H16F3N7/c1-35-22-13-32-21-6-3-16(15-2-5-20-17(10-15)8-9-31-20)11-19(21)24(22)36(25(35)34-14-30)18-4-7-23(33-12-18)26(27,28)29/h2-13,31H,1H3/b34-25-. The molecule has 0 spiro atoms. The lowest BCUT2D eigenvalue weighted by Gasteiger charge is -2.10. The van der Waals surface area contributed by atoms with Crippen LogP contribution in [0.3, 0.4) is 0 Å². The molecular formula is C26H16F3N7. The van der Waals surface area contributed by atoms with E-state index in [1.807, 2.05) is 42.6 Å². The second-order valence-corrected chi connectivity index (χ2v) is 8.31. The van der Waals surface area contributed by atoms with Crippen LogP contribution in [0.5, 0.6) is 0 Å². The number of aryl methyl sites for hydroxylation is 1. The lowest BCUT2D eigenvalue weighted by Crippen LogP contribution is -2.23. The lowest BCUT2D eigenvalue weighted by atomic mass is 10.0. The van der Waals surface area contributed by atoms with E-state index in [4.69, 9.17) is 0 Å². The molecule has 7 nitrogen and oxygen atoms in total. The molecule has 0 bridgehead atoms. The molecule has 1 N–H and O–H groups in total. The third kappa shape index (κ3) is 3.32. The smallest absolute Gasteiger partial charge is 0.361 e. The van der Waals surface area contributed by atoms with Gasteiger partial charge in [0.1, 0.15) is 5.69 Å². The molecule has 0 aliphatic rings. The number of nitrogens with one attached hydrogen (secondary N) is 1. The number of rotatable bonds is 2. The van der Waals surface area contributed by atoms with E-state index < -0.39 is 11.9 Å². The zero-order valence-corrected chi connectivity index (χ0v) is 18.7. The molecule has 4 heterocycles. The van der Waals surface area contributed by atoms with Gasteiger partial charge in [0, 0.05) is 24.1 Å². The van der Waals surface area contributed by atoms with Crippen molar-refractivity contribution in [1.29, 1.82) is 5.26 Å². The number of halogens is 3. The van der Waals surface area contributed by atoms with Crippen molar-refractivity contribution in [2.75, 3.05) is 0 Å². The summed E-state index contributed by atoms with van der Waals surface area (Å²) in [6.45, 7) is 0. The van der Waals surface area contributed by atoms with Crippen LogP contribution in [0.25, 0.3) is 49.7 Å². The fourth-order valence-corrected chi connectivity index (χ4v) is 4.52. The molecule has 0 fully saturated rings. The maximum Gasteiger partial charge on any atom is 0.433 e. The van der Waals surface area contributed by atoms with Crippen LogP contribution in [0.2, 0.25) is 0 Å². The van der Waals surface area contributed by atoms with Gasteiger partial charge >= 0.3 is 6.18 Å². The first kappa shape index (κ1) is 21.6. The van der Waals surface area contributed by atoms with Crippen molar-refractivity contribution in [1.82, 2.24) is 24.1 Å². The van der Waals surface area contributed by atoms with Crippen molar-refractivity contribution in [3.05, 3.63) is 84.5 Å². The van der Waals surface area contributed by atoms with Gasteiger partial charge in [-0.05, 0) is 59.0 Å². The Hall–Kier alpha value is -4.91. The summed E-state index contributed by atoms with van der Waals surface area (Å²) < 4.78 is 42.7. The average Bonchev–Trinajstić information content (AvgIpc) is 3.46. The molecule has 0 saturated carbocycles. The largest absolute Gasteiger partial charge is 0.433 e. The van der Waals surface area contributed by atoms with Gasteiger partial charge in [-0.1, -0.05) is 12.1 Å². The van der Waals surface area contributed by atoms with E-state index in [1.165, 1.54) is 6.07 Å². The number of alkyl halides is 3. The molecule has 36 heavy (non-hydrogen) atoms. The Morgan fingerprint density at radius 2 is 1.78 bits per heavy atom. The van der Waals surface area contributed by atoms with Crippen molar-refractivity contribution >= 4 is 32.8 Å². The maximum atomic E-state index is 13.1. The quantitative estimate of drug-likeness (QED) is 0.332. The fraction of sp³-hybridized carbons (Fsp3) is 0.0769. The van der Waals surface area contributed by atoms with Gasteiger partial charge in [0.2, 0.25) is 11.8 Å². The summed E-state index contributed by atoms with van der Waals surface area (Å²) in [5.41, 5.74) is 4.56. The highest BCUT2D eigenvalue weighted by atomic mass is 19.4. The summed E-state index contributed by atoms with van der Waals surface area (Å²) in [5.74, 6) is 0. The molecule has 0 saturated heterocycles. The molecule has 0 unspecified atom stereocenters. The predicted octanol–water partition coefficient (Wildman–Crippen LogP) is 5.46. The first-order valence-corrected chi connectivity index (χ1v) is 10.9. The lowest BCUT2D eigenvalue weighted by molar-refractivity contribution is -0.141. The van der Waals surface area contributed by atoms with Crippen LogP contribution in [-0.4, -0.2) is 24.1 Å². The van der Waals surface area contributed by atoms with Crippen molar-refractivity contribution in [2.45, 2.75) is 6.18 Å². The number of nitrogens with zero attached hydrogens (tertiary/aromatic N) is 6. The molecule has 0 radical (unpaired) electrons. The number of benzene rings is 2. The number of aromatic amines is 1. The monoisotopic (exact) mass is 483 g/mol. The minimum Gasteiger partial charge on any atom is -0.361 e. The van der Waals surface area contributed by atoms with Crippen LogP contribution in [0.4, 0.5) is 13.2 Å². The molecule has 0 aliphatic heterocycles. The Morgan fingerprint density at radius 3 is 2.53 bits per heavy atom. The Kier molecular flexibility index (Phi) is 4.69. The molecule has 6 rings (SSSR count). The first-order chi connectivity index (χ1) is 17.3. The van der Waals surface area contributed by atoms with Gasteiger partial charge in [-0.2, -0.15) is 18.4 Å². The molecule has 0 aliphatic carbocycles. The van der Waals surface area contributed by atoms with E-state index in [1.54, 1.807) is 28.6 Å². The molecule has 0 amide bonds. The van der Waals surface area contributed by atoms with E-state index in [-0.39, 0.29) is 5.62 Å². The highest BCUT2D eigenvalue weighted by Gasteiger charge is 2.32. The molecular weight excluding hydrogens is 467 g/mol. The molecule has 10 heteroatoms. The van der Waals surface area contributed by atoms with Gasteiger partial charge in [-0.15, -0.1) is 4.99 Å². The van der Waals surface area contributed by atoms with Crippen molar-refractivity contribution in [3.8, 4) is 23.0 Å². The number of H-pyrrole nitrogens is 1. The van der Waals surface area contributed by atoms with Crippen molar-refractivity contribution < 1.29 is 13.2 Å². The topological polar surface area (TPSA) is 87.6 Å². The van der Waals surface area contributed by atoms with E-state index in [0.717, 1.165) is 39.7 Å². The normalized spacial score (nSPS) is 12.6. The number of pyridine rings is 2. The fourth-order valence-electron chi connectivity index (χ4n) is 4.52. The van der Waals surface area contributed by atoms with E-state index in [0.29, 0.717) is 22.2 Å². The summed E-state index contributed by atoms with van der Waals surface area (Å²) >= 11 is 0. The first-order valence-electron chi connectivity index (χ1n) is 10.9. The Morgan fingerprint density at radius 1 is 0.972 bits per heavy atom. The zero-order chi connectivity index (χ0) is 25.0. The molecule has 176 valence electrons. The minimum absolute atomic E-state index is 0.238. The maximum absolute atomic E-state index is 13.1. The van der Waals surface area contributed by atoms with Gasteiger partial charge in [0.05, 0.1) is 34.6 Å². The van der Waals surface area contributed by atoms with Gasteiger partial charge in [-0.25, -0.2) is 4.98 Å². The molecule has 0 atom stereocenters. The predicted molar refractivity (Wildman–Crippen MR) is 129 cm³/mol. The van der Waals surface area contributed by atoms with E-state index in [2.05, 4.69) is 26.0 Å². The second-order valence-electron chi connectivity index (χ2n) is 8.31. The Labute approximate surface area is 201 Å². The molecule has 4 aromatic heterocycles. The van der Waals surface area contributed by atoms with E-state index >= 15 is 0 Å². The number of fused-ring (bicyclic) bond motifs is 4. The Bertz CT molecular complexity index is 1900. The highest BCUT2D eigenvalue weighted by molar-refractivity contribution is 6.05. The summed E-state index contributed by atoms with van der Waals surface area (Å²) in [6.07, 6.45) is 1.91. The van der Waals surface area contributed by atoms with Crippen molar-refractivity contribution in [3.63, 3.8) is 0 Å². The number of imidazole rings is 1. The van der Waals surface area contributed by atoms with Crippen LogP contribution in [0.1, 0.15) is 5.69 Å². The molecule has 2 aromatic carbocycles.